The molecule has 2 aromatic heterocycles. The number of rotatable bonds is 5. The van der Waals surface area contributed by atoms with Crippen molar-refractivity contribution in [1.82, 2.24) is 9.97 Å². The SMILES string of the molecule is COCOc1ccc2ncc(SC)cc2c1.CSc1cnc2ccc(O)cc2c1. The molecule has 0 atom stereocenters. The summed E-state index contributed by atoms with van der Waals surface area (Å²) in [6.07, 6.45) is 7.76. The van der Waals surface area contributed by atoms with Gasteiger partial charge in [0, 0.05) is 40.1 Å². The summed E-state index contributed by atoms with van der Waals surface area (Å²) < 4.78 is 10.2. The molecule has 5 nitrogen and oxygen atoms in total. The summed E-state index contributed by atoms with van der Waals surface area (Å²) in [6, 6.07) is 15.1. The molecule has 4 aromatic rings. The number of hydrogen-bond donors (Lipinski definition) is 1. The van der Waals surface area contributed by atoms with Crippen LogP contribution in [-0.2, 0) is 4.74 Å². The van der Waals surface area contributed by atoms with E-state index in [2.05, 4.69) is 16.0 Å². The number of ether oxygens (including phenoxy) is 2. The van der Waals surface area contributed by atoms with E-state index in [1.54, 1.807) is 42.8 Å². The number of phenolic OH excluding ortho intramolecular Hbond substituents is 1. The van der Waals surface area contributed by atoms with Gasteiger partial charge in [0.1, 0.15) is 11.5 Å². The Hall–Kier alpha value is -2.48. The van der Waals surface area contributed by atoms with Gasteiger partial charge in [0.15, 0.2) is 6.79 Å². The van der Waals surface area contributed by atoms with Crippen LogP contribution in [-0.4, -0.2) is 41.5 Å². The van der Waals surface area contributed by atoms with Crippen LogP contribution < -0.4 is 4.74 Å². The van der Waals surface area contributed by atoms with Crippen molar-refractivity contribution in [3.05, 3.63) is 60.9 Å². The Labute approximate surface area is 178 Å². The number of pyridine rings is 2. The predicted molar refractivity (Wildman–Crippen MR) is 121 cm³/mol. The Balaban J connectivity index is 0.000000169. The zero-order chi connectivity index (χ0) is 20.6. The summed E-state index contributed by atoms with van der Waals surface area (Å²) in [4.78, 5) is 10.9. The highest BCUT2D eigenvalue weighted by Crippen LogP contribution is 2.24. The highest BCUT2D eigenvalue weighted by molar-refractivity contribution is 7.98. The van der Waals surface area contributed by atoms with Crippen LogP contribution in [0, 0.1) is 0 Å². The van der Waals surface area contributed by atoms with E-state index >= 15 is 0 Å². The molecule has 7 heteroatoms. The van der Waals surface area contributed by atoms with Gasteiger partial charge in [-0.2, -0.15) is 0 Å². The van der Waals surface area contributed by atoms with Gasteiger partial charge in [0.05, 0.1) is 11.0 Å². The Morgan fingerprint density at radius 2 is 1.41 bits per heavy atom. The summed E-state index contributed by atoms with van der Waals surface area (Å²) in [5.74, 6) is 1.09. The second-order valence-corrected chi connectivity index (χ2v) is 7.79. The number of hydrogen-bond acceptors (Lipinski definition) is 7. The zero-order valence-corrected chi connectivity index (χ0v) is 18.1. The molecule has 0 bridgehead atoms. The maximum absolute atomic E-state index is 9.26. The Bertz CT molecular complexity index is 1110. The van der Waals surface area contributed by atoms with Gasteiger partial charge in [0.25, 0.3) is 0 Å². The number of thioether (sulfide) groups is 2. The molecule has 0 aliphatic carbocycles. The van der Waals surface area contributed by atoms with E-state index in [4.69, 9.17) is 9.47 Å². The highest BCUT2D eigenvalue weighted by Gasteiger charge is 2.00. The van der Waals surface area contributed by atoms with Gasteiger partial charge < -0.3 is 14.6 Å². The second kappa shape index (κ2) is 10.3. The molecule has 0 saturated carbocycles. The monoisotopic (exact) mass is 426 g/mol. The van der Waals surface area contributed by atoms with E-state index in [1.807, 2.05) is 55.2 Å². The molecule has 0 saturated heterocycles. The first-order chi connectivity index (χ1) is 14.1. The molecule has 4 rings (SSSR count). The topological polar surface area (TPSA) is 64.5 Å². The first kappa shape index (κ1) is 21.2. The fraction of sp³-hybridized carbons (Fsp3) is 0.182. The highest BCUT2D eigenvalue weighted by atomic mass is 32.2. The number of benzene rings is 2. The van der Waals surface area contributed by atoms with E-state index in [0.29, 0.717) is 0 Å². The Kier molecular flexibility index (Phi) is 7.57. The van der Waals surface area contributed by atoms with Crippen molar-refractivity contribution in [3.8, 4) is 11.5 Å². The Morgan fingerprint density at radius 1 is 0.828 bits per heavy atom. The molecule has 29 heavy (non-hydrogen) atoms. The van der Waals surface area contributed by atoms with E-state index in [1.165, 1.54) is 0 Å². The number of aromatic nitrogens is 2. The standard InChI is InChI=1S/C12H13NO2S.C10H9NOS/c1-14-8-15-10-3-4-12-9(5-10)6-11(16-2)7-13-12;1-13-9-5-7-4-8(12)2-3-10(7)11-6-9/h3-7H,8H2,1-2H3;2-6,12H,1H3. The van der Waals surface area contributed by atoms with Crippen LogP contribution in [0.4, 0.5) is 0 Å². The molecule has 2 aromatic carbocycles. The maximum Gasteiger partial charge on any atom is 0.188 e. The van der Waals surface area contributed by atoms with Gasteiger partial charge in [-0.05, 0) is 61.0 Å². The molecule has 0 aliphatic rings. The van der Waals surface area contributed by atoms with Crippen molar-refractivity contribution in [3.63, 3.8) is 0 Å². The number of fused-ring (bicyclic) bond motifs is 2. The van der Waals surface area contributed by atoms with Crippen LogP contribution in [0.15, 0.2) is 70.7 Å². The number of phenols is 1. The third kappa shape index (κ3) is 5.76. The lowest BCUT2D eigenvalue weighted by Gasteiger charge is -2.06. The van der Waals surface area contributed by atoms with Crippen LogP contribution in [0.25, 0.3) is 21.8 Å². The molecular weight excluding hydrogens is 404 g/mol. The van der Waals surface area contributed by atoms with E-state index in [9.17, 15) is 5.11 Å². The summed E-state index contributed by atoms with van der Waals surface area (Å²) in [5, 5.41) is 11.3. The van der Waals surface area contributed by atoms with Gasteiger partial charge in [0.2, 0.25) is 0 Å². The van der Waals surface area contributed by atoms with Crippen LogP contribution >= 0.6 is 23.5 Å². The van der Waals surface area contributed by atoms with Crippen molar-refractivity contribution in [2.24, 2.45) is 0 Å². The van der Waals surface area contributed by atoms with Crippen molar-refractivity contribution < 1.29 is 14.6 Å². The fourth-order valence-corrected chi connectivity index (χ4v) is 3.43. The normalized spacial score (nSPS) is 10.6. The van der Waals surface area contributed by atoms with Crippen molar-refractivity contribution in [2.75, 3.05) is 26.4 Å². The van der Waals surface area contributed by atoms with E-state index in [0.717, 1.165) is 37.3 Å². The second-order valence-electron chi connectivity index (χ2n) is 6.03. The summed E-state index contributed by atoms with van der Waals surface area (Å²) >= 11 is 3.32. The molecule has 0 spiro atoms. The molecule has 0 unspecified atom stereocenters. The molecule has 0 radical (unpaired) electrons. The molecule has 0 fully saturated rings. The minimum Gasteiger partial charge on any atom is -0.508 e. The number of methoxy groups -OCH3 is 1. The lowest BCUT2D eigenvalue weighted by Crippen LogP contribution is -1.98. The molecule has 0 amide bonds. The summed E-state index contributed by atoms with van der Waals surface area (Å²) in [5.41, 5.74) is 1.89. The van der Waals surface area contributed by atoms with Crippen LogP contribution in [0.2, 0.25) is 0 Å². The lowest BCUT2D eigenvalue weighted by atomic mass is 10.2. The van der Waals surface area contributed by atoms with Crippen LogP contribution in [0.5, 0.6) is 11.5 Å². The van der Waals surface area contributed by atoms with Crippen molar-refractivity contribution >= 4 is 45.3 Å². The molecule has 150 valence electrons. The van der Waals surface area contributed by atoms with Gasteiger partial charge >= 0.3 is 0 Å². The van der Waals surface area contributed by atoms with E-state index < -0.39 is 0 Å². The lowest BCUT2D eigenvalue weighted by molar-refractivity contribution is 0.0512. The van der Waals surface area contributed by atoms with Gasteiger partial charge in [-0.3, -0.25) is 9.97 Å². The fourth-order valence-electron chi connectivity index (χ4n) is 2.63. The Morgan fingerprint density at radius 3 is 2.00 bits per heavy atom. The molecular formula is C22H22N2O3S2. The van der Waals surface area contributed by atoms with Gasteiger partial charge in [-0.25, -0.2) is 0 Å². The summed E-state index contributed by atoms with van der Waals surface area (Å²) in [6.45, 7) is 0.265. The largest absolute Gasteiger partial charge is 0.508 e. The number of aromatic hydroxyl groups is 1. The predicted octanol–water partition coefficient (Wildman–Crippen LogP) is 5.60. The van der Waals surface area contributed by atoms with Crippen molar-refractivity contribution in [1.29, 1.82) is 0 Å². The minimum atomic E-state index is 0.265. The average molecular weight is 427 g/mol. The van der Waals surface area contributed by atoms with Crippen LogP contribution in [0.1, 0.15) is 0 Å². The third-order valence-electron chi connectivity index (χ3n) is 4.08. The maximum atomic E-state index is 9.26. The average Bonchev–Trinajstić information content (AvgIpc) is 2.76. The van der Waals surface area contributed by atoms with E-state index in [-0.39, 0.29) is 12.5 Å². The first-order valence-corrected chi connectivity index (χ1v) is 11.3. The zero-order valence-electron chi connectivity index (χ0n) is 16.5. The summed E-state index contributed by atoms with van der Waals surface area (Å²) in [7, 11) is 1.61. The molecule has 0 aliphatic heterocycles. The molecule has 2 heterocycles. The number of nitrogens with zero attached hydrogens (tertiary/aromatic N) is 2. The van der Waals surface area contributed by atoms with Crippen LogP contribution in [0.3, 0.4) is 0 Å². The van der Waals surface area contributed by atoms with Gasteiger partial charge in [-0.1, -0.05) is 0 Å². The quantitative estimate of drug-likeness (QED) is 0.329. The first-order valence-electron chi connectivity index (χ1n) is 8.81. The van der Waals surface area contributed by atoms with Crippen molar-refractivity contribution in [2.45, 2.75) is 9.79 Å². The third-order valence-corrected chi connectivity index (χ3v) is 5.47. The smallest absolute Gasteiger partial charge is 0.188 e. The minimum absolute atomic E-state index is 0.265. The van der Waals surface area contributed by atoms with Gasteiger partial charge in [-0.15, -0.1) is 23.5 Å². The molecule has 1 N–H and O–H groups in total.